The van der Waals surface area contributed by atoms with Crippen molar-refractivity contribution in [2.75, 3.05) is 5.32 Å². The van der Waals surface area contributed by atoms with E-state index in [1.807, 2.05) is 0 Å². The quantitative estimate of drug-likeness (QED) is 0.282. The smallest absolute Gasteiger partial charge is 0.296 e. The molecule has 8 nitrogen and oxygen atoms in total. The van der Waals surface area contributed by atoms with Gasteiger partial charge in [-0.2, -0.15) is 0 Å². The molecule has 0 aliphatic rings. The molecule has 0 heterocycles. The molecule has 2 aromatic rings. The van der Waals surface area contributed by atoms with E-state index in [0.29, 0.717) is 5.69 Å². The first-order valence-corrected chi connectivity index (χ1v) is 6.90. The number of anilines is 1. The number of hydrogen-bond acceptors (Lipinski definition) is 6. The van der Waals surface area contributed by atoms with Crippen LogP contribution in [0, 0.1) is 10.1 Å². The lowest BCUT2D eigenvalue weighted by atomic mass is 10.3. The number of nitro benzene ring substituents is 1. The van der Waals surface area contributed by atoms with E-state index < -0.39 is 10.8 Å². The monoisotopic (exact) mass is 326 g/mol. The van der Waals surface area contributed by atoms with Crippen LogP contribution >= 0.6 is 0 Å². The molecule has 0 unspecified atom stereocenters. The van der Waals surface area contributed by atoms with Crippen molar-refractivity contribution in [1.82, 2.24) is 0 Å². The highest BCUT2D eigenvalue weighted by Gasteiger charge is 2.15. The van der Waals surface area contributed by atoms with Crippen LogP contribution in [-0.4, -0.2) is 15.9 Å². The molecule has 8 heteroatoms. The van der Waals surface area contributed by atoms with Gasteiger partial charge in [-0.25, -0.2) is 0 Å². The second-order valence-electron chi connectivity index (χ2n) is 4.70. The van der Waals surface area contributed by atoms with Crippen molar-refractivity contribution in [2.45, 2.75) is 6.92 Å². The maximum Gasteiger partial charge on any atom is 0.296 e. The molecule has 2 aromatic carbocycles. The van der Waals surface area contributed by atoms with Crippen molar-refractivity contribution in [1.29, 1.82) is 0 Å². The molecule has 0 radical (unpaired) electrons. The van der Waals surface area contributed by atoms with E-state index in [2.05, 4.69) is 15.5 Å². The molecular formula is C16H14N4O4. The van der Waals surface area contributed by atoms with Crippen LogP contribution in [0.3, 0.4) is 0 Å². The fourth-order valence-corrected chi connectivity index (χ4v) is 1.80. The van der Waals surface area contributed by atoms with Crippen LogP contribution in [-0.2, 0) is 4.79 Å². The largest absolute Gasteiger partial charge is 0.510 e. The number of hydrogen-bond donors (Lipinski definition) is 2. The molecule has 122 valence electrons. The Morgan fingerprint density at radius 2 is 1.75 bits per heavy atom. The Labute approximate surface area is 137 Å². The molecule has 0 atom stereocenters. The summed E-state index contributed by atoms with van der Waals surface area (Å²) in [6, 6.07) is 14.3. The zero-order valence-corrected chi connectivity index (χ0v) is 12.7. The molecular weight excluding hydrogens is 312 g/mol. The summed E-state index contributed by atoms with van der Waals surface area (Å²) in [6.07, 6.45) is 0. The summed E-state index contributed by atoms with van der Waals surface area (Å²) in [5.41, 5.74) is -0.0902. The maximum absolute atomic E-state index is 12.2. The first kappa shape index (κ1) is 16.8. The number of azo groups is 1. The number of para-hydroxylation sites is 2. The Hall–Kier alpha value is -3.55. The average molecular weight is 326 g/mol. The number of allylic oxidation sites excluding steroid dienone is 1. The van der Waals surface area contributed by atoms with Crippen molar-refractivity contribution in [2.24, 2.45) is 10.2 Å². The fourth-order valence-electron chi connectivity index (χ4n) is 1.80. The van der Waals surface area contributed by atoms with Gasteiger partial charge in [0, 0.05) is 11.8 Å². The normalized spacial score (nSPS) is 11.9. The minimum Gasteiger partial charge on any atom is -0.510 e. The molecule has 0 saturated carbocycles. The topological polar surface area (TPSA) is 117 Å². The summed E-state index contributed by atoms with van der Waals surface area (Å²) in [7, 11) is 0. The van der Waals surface area contributed by atoms with Crippen molar-refractivity contribution in [3.05, 3.63) is 76.2 Å². The van der Waals surface area contributed by atoms with Crippen molar-refractivity contribution in [3.63, 3.8) is 0 Å². The van der Waals surface area contributed by atoms with E-state index in [4.69, 9.17) is 0 Å². The lowest BCUT2D eigenvalue weighted by Crippen LogP contribution is -2.14. The third-order valence-electron chi connectivity index (χ3n) is 2.93. The first-order chi connectivity index (χ1) is 11.5. The molecule has 0 aliphatic heterocycles. The van der Waals surface area contributed by atoms with Gasteiger partial charge in [-0.05, 0) is 25.1 Å². The lowest BCUT2D eigenvalue weighted by molar-refractivity contribution is -0.384. The van der Waals surface area contributed by atoms with E-state index >= 15 is 0 Å². The zero-order chi connectivity index (χ0) is 17.5. The van der Waals surface area contributed by atoms with Gasteiger partial charge in [0.15, 0.2) is 11.4 Å². The number of carbonyl (C=O) groups excluding carboxylic acids is 1. The number of carbonyl (C=O) groups is 1. The van der Waals surface area contributed by atoms with Crippen LogP contribution in [0.2, 0.25) is 0 Å². The number of benzene rings is 2. The second-order valence-corrected chi connectivity index (χ2v) is 4.70. The van der Waals surface area contributed by atoms with Gasteiger partial charge in [0.2, 0.25) is 0 Å². The van der Waals surface area contributed by atoms with Gasteiger partial charge in [-0.15, -0.1) is 10.2 Å². The van der Waals surface area contributed by atoms with Crippen LogP contribution in [0.15, 0.2) is 76.3 Å². The van der Waals surface area contributed by atoms with E-state index in [1.165, 1.54) is 25.1 Å². The van der Waals surface area contributed by atoms with Crippen molar-refractivity contribution >= 4 is 23.0 Å². The number of nitro groups is 1. The summed E-state index contributed by atoms with van der Waals surface area (Å²) in [5, 5.41) is 30.5. The Morgan fingerprint density at radius 1 is 1.12 bits per heavy atom. The van der Waals surface area contributed by atoms with E-state index in [9.17, 15) is 20.0 Å². The lowest BCUT2D eigenvalue weighted by Gasteiger charge is -2.05. The summed E-state index contributed by atoms with van der Waals surface area (Å²) < 4.78 is 0. The van der Waals surface area contributed by atoms with Crippen LogP contribution < -0.4 is 5.32 Å². The SMILES string of the molecule is CC(O)=C(N=Nc1ccccc1[N+](=O)[O-])C(=O)Nc1ccccc1. The summed E-state index contributed by atoms with van der Waals surface area (Å²) >= 11 is 0. The second kappa shape index (κ2) is 7.63. The van der Waals surface area contributed by atoms with Crippen LogP contribution in [0.1, 0.15) is 6.92 Å². The maximum atomic E-state index is 12.2. The average Bonchev–Trinajstić information content (AvgIpc) is 2.56. The number of nitrogens with zero attached hydrogens (tertiary/aromatic N) is 3. The van der Waals surface area contributed by atoms with Crippen molar-refractivity contribution in [3.8, 4) is 0 Å². The van der Waals surface area contributed by atoms with Crippen LogP contribution in [0.25, 0.3) is 0 Å². The van der Waals surface area contributed by atoms with Gasteiger partial charge in [-0.1, -0.05) is 30.3 Å². The molecule has 0 aliphatic carbocycles. The third kappa shape index (κ3) is 4.23. The first-order valence-electron chi connectivity index (χ1n) is 6.90. The highest BCUT2D eigenvalue weighted by Crippen LogP contribution is 2.27. The van der Waals surface area contributed by atoms with E-state index in [-0.39, 0.29) is 22.8 Å². The van der Waals surface area contributed by atoms with Gasteiger partial charge < -0.3 is 10.4 Å². The Morgan fingerprint density at radius 3 is 2.38 bits per heavy atom. The van der Waals surface area contributed by atoms with Gasteiger partial charge >= 0.3 is 0 Å². The predicted octanol–water partition coefficient (Wildman–Crippen LogP) is 4.11. The van der Waals surface area contributed by atoms with Gasteiger partial charge in [0.05, 0.1) is 4.92 Å². The highest BCUT2D eigenvalue weighted by molar-refractivity contribution is 6.03. The summed E-state index contributed by atoms with van der Waals surface area (Å²) in [5.74, 6) is -1.03. The van der Waals surface area contributed by atoms with Gasteiger partial charge in [-0.3, -0.25) is 14.9 Å². The van der Waals surface area contributed by atoms with Crippen LogP contribution in [0.5, 0.6) is 0 Å². The molecule has 0 fully saturated rings. The zero-order valence-electron chi connectivity index (χ0n) is 12.7. The Balaban J connectivity index is 2.26. The molecule has 0 bridgehead atoms. The molecule has 24 heavy (non-hydrogen) atoms. The Kier molecular flexibility index (Phi) is 5.35. The molecule has 0 spiro atoms. The third-order valence-corrected chi connectivity index (χ3v) is 2.93. The summed E-state index contributed by atoms with van der Waals surface area (Å²) in [6.45, 7) is 1.28. The van der Waals surface area contributed by atoms with E-state index in [0.717, 1.165) is 0 Å². The minimum absolute atomic E-state index is 0.0197. The van der Waals surface area contributed by atoms with Crippen molar-refractivity contribution < 1.29 is 14.8 Å². The molecule has 2 N–H and O–H groups in total. The molecule has 2 rings (SSSR count). The number of aliphatic hydroxyl groups is 1. The Bertz CT molecular complexity index is 812. The van der Waals surface area contributed by atoms with Gasteiger partial charge in [0.1, 0.15) is 5.76 Å². The molecule has 0 saturated heterocycles. The highest BCUT2D eigenvalue weighted by atomic mass is 16.6. The number of rotatable bonds is 5. The van der Waals surface area contributed by atoms with Gasteiger partial charge in [0.25, 0.3) is 11.6 Å². The number of aliphatic hydroxyl groups excluding tert-OH is 1. The molecule has 1 amide bonds. The number of amides is 1. The number of nitrogens with one attached hydrogen (secondary N) is 1. The standard InChI is InChI=1S/C16H14N4O4/c1-11(21)15(16(22)17-12-7-3-2-4-8-12)19-18-13-9-5-6-10-14(13)20(23)24/h2-10,21H,1H3,(H,17,22). The predicted molar refractivity (Wildman–Crippen MR) is 88.0 cm³/mol. The van der Waals surface area contributed by atoms with Crippen LogP contribution in [0.4, 0.5) is 17.1 Å². The fraction of sp³-hybridized carbons (Fsp3) is 0.0625. The van der Waals surface area contributed by atoms with E-state index in [1.54, 1.807) is 36.4 Å². The molecule has 0 aromatic heterocycles. The minimum atomic E-state index is -0.677. The summed E-state index contributed by atoms with van der Waals surface area (Å²) in [4.78, 5) is 22.5.